The zero-order valence-electron chi connectivity index (χ0n) is 6.58. The molecule has 0 fully saturated rings. The smallest absolute Gasteiger partial charge is 0.151 e. The van der Waals surface area contributed by atoms with Crippen molar-refractivity contribution in [3.8, 4) is 0 Å². The highest BCUT2D eigenvalue weighted by Crippen LogP contribution is 2.25. The number of anilines is 1. The number of pyridine rings is 1. The van der Waals surface area contributed by atoms with Crippen molar-refractivity contribution in [2.45, 2.75) is 6.92 Å². The third-order valence-corrected chi connectivity index (χ3v) is 2.85. The van der Waals surface area contributed by atoms with Gasteiger partial charge >= 0.3 is 0 Å². The van der Waals surface area contributed by atoms with Crippen LogP contribution in [0.2, 0.25) is 0 Å². The summed E-state index contributed by atoms with van der Waals surface area (Å²) in [6.45, 7) is 1.97. The molecular formula is C8H8BrN3. The van der Waals surface area contributed by atoms with Gasteiger partial charge in [-0.15, -0.1) is 0 Å². The highest BCUT2D eigenvalue weighted by atomic mass is 79.9. The summed E-state index contributed by atoms with van der Waals surface area (Å²) in [4.78, 5) is 4.18. The summed E-state index contributed by atoms with van der Waals surface area (Å²) in [6.07, 6.45) is 5.48. The van der Waals surface area contributed by atoms with Crippen molar-refractivity contribution < 1.29 is 0 Å². The van der Waals surface area contributed by atoms with E-state index < -0.39 is 0 Å². The zero-order valence-corrected chi connectivity index (χ0v) is 8.17. The van der Waals surface area contributed by atoms with E-state index in [0.29, 0.717) is 0 Å². The van der Waals surface area contributed by atoms with Gasteiger partial charge in [0.25, 0.3) is 0 Å². The molecule has 2 rings (SSSR count). The lowest BCUT2D eigenvalue weighted by molar-refractivity contribution is 1.16. The third kappa shape index (κ3) is 0.914. The summed E-state index contributed by atoms with van der Waals surface area (Å²) in [6, 6.07) is 0. The SMILES string of the molecule is Cc1c(N)cn2ccnc2c1Br. The molecule has 0 atom stereocenters. The molecule has 2 heterocycles. The second-order valence-electron chi connectivity index (χ2n) is 2.68. The van der Waals surface area contributed by atoms with Gasteiger partial charge < -0.3 is 10.1 Å². The maximum absolute atomic E-state index is 5.77. The van der Waals surface area contributed by atoms with Crippen molar-refractivity contribution in [2.75, 3.05) is 5.73 Å². The van der Waals surface area contributed by atoms with E-state index >= 15 is 0 Å². The largest absolute Gasteiger partial charge is 0.397 e. The predicted molar refractivity (Wildman–Crippen MR) is 52.0 cm³/mol. The van der Waals surface area contributed by atoms with Crippen LogP contribution in [-0.4, -0.2) is 9.38 Å². The minimum atomic E-state index is 0.771. The summed E-state index contributed by atoms with van der Waals surface area (Å²) in [5.41, 5.74) is 8.48. The second-order valence-corrected chi connectivity index (χ2v) is 3.47. The van der Waals surface area contributed by atoms with Crippen LogP contribution >= 0.6 is 15.9 Å². The summed E-state index contributed by atoms with van der Waals surface area (Å²) < 4.78 is 2.86. The summed E-state index contributed by atoms with van der Waals surface area (Å²) in [7, 11) is 0. The normalized spacial score (nSPS) is 10.8. The molecule has 0 unspecified atom stereocenters. The Morgan fingerprint density at radius 2 is 2.33 bits per heavy atom. The van der Waals surface area contributed by atoms with Gasteiger partial charge in [0.1, 0.15) is 0 Å². The fourth-order valence-electron chi connectivity index (χ4n) is 1.13. The molecule has 0 aromatic carbocycles. The minimum Gasteiger partial charge on any atom is -0.397 e. The molecule has 0 saturated carbocycles. The van der Waals surface area contributed by atoms with E-state index in [2.05, 4.69) is 20.9 Å². The number of hydrogen-bond acceptors (Lipinski definition) is 2. The van der Waals surface area contributed by atoms with Gasteiger partial charge in [-0.25, -0.2) is 4.98 Å². The fourth-order valence-corrected chi connectivity index (χ4v) is 1.66. The molecule has 0 saturated heterocycles. The first-order chi connectivity index (χ1) is 5.70. The van der Waals surface area contributed by atoms with E-state index in [4.69, 9.17) is 5.73 Å². The summed E-state index contributed by atoms with van der Waals surface area (Å²) in [5.74, 6) is 0. The van der Waals surface area contributed by atoms with Crippen LogP contribution in [0, 0.1) is 6.92 Å². The molecular weight excluding hydrogens is 218 g/mol. The van der Waals surface area contributed by atoms with E-state index in [1.54, 1.807) is 6.20 Å². The first kappa shape index (κ1) is 7.61. The maximum Gasteiger partial charge on any atom is 0.151 e. The van der Waals surface area contributed by atoms with Gasteiger partial charge in [0.2, 0.25) is 0 Å². The number of halogens is 1. The predicted octanol–water partition coefficient (Wildman–Crippen LogP) is 1.99. The number of aromatic nitrogens is 2. The number of fused-ring (bicyclic) bond motifs is 1. The lowest BCUT2D eigenvalue weighted by atomic mass is 10.2. The lowest BCUT2D eigenvalue weighted by Crippen LogP contribution is -1.95. The molecule has 2 aromatic rings. The van der Waals surface area contributed by atoms with Crippen LogP contribution in [0.5, 0.6) is 0 Å². The van der Waals surface area contributed by atoms with E-state index in [1.807, 2.05) is 23.7 Å². The molecule has 4 heteroatoms. The van der Waals surface area contributed by atoms with Crippen molar-refractivity contribution in [1.29, 1.82) is 0 Å². The van der Waals surface area contributed by atoms with Gasteiger partial charge in [-0.1, -0.05) is 0 Å². The van der Waals surface area contributed by atoms with Crippen molar-refractivity contribution in [3.05, 3.63) is 28.6 Å². The molecule has 0 aliphatic heterocycles. The third-order valence-electron chi connectivity index (χ3n) is 1.91. The Morgan fingerprint density at radius 3 is 3.08 bits per heavy atom. The maximum atomic E-state index is 5.77. The molecule has 3 nitrogen and oxygen atoms in total. The molecule has 0 amide bonds. The standard InChI is InChI=1S/C8H8BrN3/c1-5-6(10)4-12-3-2-11-8(12)7(5)9/h2-4H,10H2,1H3. The highest BCUT2D eigenvalue weighted by Gasteiger charge is 2.05. The average molecular weight is 226 g/mol. The topological polar surface area (TPSA) is 43.3 Å². The van der Waals surface area contributed by atoms with Gasteiger partial charge in [0.15, 0.2) is 5.65 Å². The summed E-state index contributed by atoms with van der Waals surface area (Å²) in [5, 5.41) is 0. The van der Waals surface area contributed by atoms with Crippen molar-refractivity contribution in [1.82, 2.24) is 9.38 Å². The monoisotopic (exact) mass is 225 g/mol. The summed E-state index contributed by atoms with van der Waals surface area (Å²) >= 11 is 3.45. The Bertz CT molecular complexity index is 433. The van der Waals surface area contributed by atoms with Gasteiger partial charge in [0, 0.05) is 18.6 Å². The van der Waals surface area contributed by atoms with Crippen LogP contribution in [0.25, 0.3) is 5.65 Å². The molecule has 2 aromatic heterocycles. The number of nitrogen functional groups attached to an aromatic ring is 1. The molecule has 0 bridgehead atoms. The Morgan fingerprint density at radius 1 is 1.58 bits per heavy atom. The van der Waals surface area contributed by atoms with Crippen LogP contribution in [0.15, 0.2) is 23.1 Å². The van der Waals surface area contributed by atoms with E-state index in [1.165, 1.54) is 0 Å². The second kappa shape index (κ2) is 2.48. The molecule has 0 aliphatic carbocycles. The lowest BCUT2D eigenvalue weighted by Gasteiger charge is -2.04. The Labute approximate surface area is 78.3 Å². The van der Waals surface area contributed by atoms with Gasteiger partial charge in [-0.2, -0.15) is 0 Å². The first-order valence-corrected chi connectivity index (χ1v) is 4.36. The minimum absolute atomic E-state index is 0.771. The van der Waals surface area contributed by atoms with Crippen LogP contribution in [0.4, 0.5) is 5.69 Å². The van der Waals surface area contributed by atoms with E-state index in [9.17, 15) is 0 Å². The number of nitrogens with two attached hydrogens (primary N) is 1. The molecule has 0 spiro atoms. The zero-order chi connectivity index (χ0) is 8.72. The quantitative estimate of drug-likeness (QED) is 0.746. The molecule has 2 N–H and O–H groups in total. The Kier molecular flexibility index (Phi) is 1.58. The van der Waals surface area contributed by atoms with Crippen LogP contribution in [0.1, 0.15) is 5.56 Å². The highest BCUT2D eigenvalue weighted by molar-refractivity contribution is 9.10. The van der Waals surface area contributed by atoms with E-state index in [0.717, 1.165) is 21.4 Å². The molecule has 62 valence electrons. The van der Waals surface area contributed by atoms with Gasteiger partial charge in [-0.05, 0) is 28.4 Å². The van der Waals surface area contributed by atoms with Crippen molar-refractivity contribution in [3.63, 3.8) is 0 Å². The Hall–Kier alpha value is -1.03. The van der Waals surface area contributed by atoms with Gasteiger partial charge in [0.05, 0.1) is 10.2 Å². The van der Waals surface area contributed by atoms with E-state index in [-0.39, 0.29) is 0 Å². The first-order valence-electron chi connectivity index (χ1n) is 3.57. The molecule has 0 radical (unpaired) electrons. The number of nitrogens with zero attached hydrogens (tertiary/aromatic N) is 2. The average Bonchev–Trinajstić information content (AvgIpc) is 2.48. The number of rotatable bonds is 0. The fraction of sp³-hybridized carbons (Fsp3) is 0.125. The van der Waals surface area contributed by atoms with Gasteiger partial charge in [-0.3, -0.25) is 0 Å². The van der Waals surface area contributed by atoms with Crippen LogP contribution in [0.3, 0.4) is 0 Å². The Balaban J connectivity index is 2.94. The van der Waals surface area contributed by atoms with Crippen molar-refractivity contribution in [2.24, 2.45) is 0 Å². The molecule has 0 aliphatic rings. The van der Waals surface area contributed by atoms with Crippen LogP contribution < -0.4 is 5.73 Å². The van der Waals surface area contributed by atoms with Crippen molar-refractivity contribution >= 4 is 27.3 Å². The van der Waals surface area contributed by atoms with Crippen LogP contribution in [-0.2, 0) is 0 Å². The number of imidazole rings is 1. The number of hydrogen-bond donors (Lipinski definition) is 1. The molecule has 12 heavy (non-hydrogen) atoms.